The SMILES string of the molecule is Cc1cc(F)cc(-c2cccc3[nH]c(-c4n[nH]c5ccc(-c6cncc(NC(=O)CC7CCCCC7)c6)nc45)cc23)c1. The van der Waals surface area contributed by atoms with Crippen molar-refractivity contribution in [3.63, 3.8) is 0 Å². The van der Waals surface area contributed by atoms with Gasteiger partial charge in [0.15, 0.2) is 0 Å². The number of aromatic nitrogens is 5. The van der Waals surface area contributed by atoms with Crippen LogP contribution in [0.3, 0.4) is 0 Å². The first-order chi connectivity index (χ1) is 20.5. The van der Waals surface area contributed by atoms with E-state index in [0.29, 0.717) is 29.2 Å². The largest absolute Gasteiger partial charge is 0.353 e. The molecule has 4 aromatic heterocycles. The predicted octanol–water partition coefficient (Wildman–Crippen LogP) is 8.19. The molecule has 2 aromatic carbocycles. The number of nitrogens with zero attached hydrogens (tertiary/aromatic N) is 3. The molecule has 0 bridgehead atoms. The van der Waals surface area contributed by atoms with Crippen molar-refractivity contribution in [1.29, 1.82) is 0 Å². The topological polar surface area (TPSA) is 99.4 Å². The number of amides is 1. The summed E-state index contributed by atoms with van der Waals surface area (Å²) in [5.74, 6) is 0.250. The lowest BCUT2D eigenvalue weighted by molar-refractivity contribution is -0.117. The molecule has 8 heteroatoms. The van der Waals surface area contributed by atoms with Gasteiger partial charge in [0.1, 0.15) is 17.0 Å². The third-order valence-electron chi connectivity index (χ3n) is 8.20. The van der Waals surface area contributed by atoms with Crippen LogP contribution in [0.5, 0.6) is 0 Å². The van der Waals surface area contributed by atoms with E-state index in [4.69, 9.17) is 4.98 Å². The number of hydrogen-bond donors (Lipinski definition) is 3. The fourth-order valence-electron chi connectivity index (χ4n) is 6.19. The lowest BCUT2D eigenvalue weighted by Gasteiger charge is -2.20. The Morgan fingerprint density at radius 1 is 0.976 bits per heavy atom. The molecule has 4 heterocycles. The van der Waals surface area contributed by atoms with Gasteiger partial charge >= 0.3 is 0 Å². The monoisotopic (exact) mass is 558 g/mol. The average molecular weight is 559 g/mol. The standard InChI is InChI=1S/C34H31FN6O/c1-20-12-22(15-24(35)13-20)26-8-5-9-29-27(26)17-31(38-29)34-33-30(40-41-34)11-10-28(39-33)23-16-25(19-36-18-23)37-32(42)14-21-6-3-2-4-7-21/h5,8-13,15-19,21,38H,2-4,6-7,14H2,1H3,(H,37,42)(H,40,41). The van der Waals surface area contributed by atoms with Crippen LogP contribution in [0.15, 0.2) is 73.1 Å². The first kappa shape index (κ1) is 26.1. The summed E-state index contributed by atoms with van der Waals surface area (Å²) in [7, 11) is 0. The first-order valence-corrected chi connectivity index (χ1v) is 14.5. The minimum Gasteiger partial charge on any atom is -0.353 e. The van der Waals surface area contributed by atoms with Gasteiger partial charge in [-0.2, -0.15) is 5.10 Å². The number of aromatic amines is 2. The Morgan fingerprint density at radius 2 is 1.86 bits per heavy atom. The van der Waals surface area contributed by atoms with E-state index < -0.39 is 0 Å². The van der Waals surface area contributed by atoms with Crippen LogP contribution in [0.1, 0.15) is 44.1 Å². The van der Waals surface area contributed by atoms with Crippen molar-refractivity contribution in [2.24, 2.45) is 5.92 Å². The molecule has 0 aliphatic heterocycles. The number of carbonyl (C=O) groups is 1. The number of pyridine rings is 2. The number of carbonyl (C=O) groups excluding carboxylic acids is 1. The molecule has 6 aromatic rings. The van der Waals surface area contributed by atoms with Crippen LogP contribution in [-0.4, -0.2) is 31.1 Å². The lowest BCUT2D eigenvalue weighted by Crippen LogP contribution is -2.18. The molecule has 0 saturated heterocycles. The summed E-state index contributed by atoms with van der Waals surface area (Å²) in [6.07, 6.45) is 9.94. The second-order valence-electron chi connectivity index (χ2n) is 11.4. The van der Waals surface area contributed by atoms with Gasteiger partial charge in [-0.1, -0.05) is 37.5 Å². The van der Waals surface area contributed by atoms with Crippen LogP contribution >= 0.6 is 0 Å². The van der Waals surface area contributed by atoms with Crippen molar-refractivity contribution in [3.8, 4) is 33.8 Å². The van der Waals surface area contributed by atoms with Crippen molar-refractivity contribution in [3.05, 3.63) is 84.4 Å². The molecule has 1 amide bonds. The highest BCUT2D eigenvalue weighted by Crippen LogP contribution is 2.35. The molecule has 7 nitrogen and oxygen atoms in total. The second-order valence-corrected chi connectivity index (χ2v) is 11.4. The Hall–Kier alpha value is -4.85. The lowest BCUT2D eigenvalue weighted by atomic mass is 9.87. The van der Waals surface area contributed by atoms with Gasteiger partial charge < -0.3 is 10.3 Å². The van der Waals surface area contributed by atoms with E-state index in [9.17, 15) is 9.18 Å². The van der Waals surface area contributed by atoms with Gasteiger partial charge in [0, 0.05) is 29.1 Å². The molecular formula is C34H31FN6O. The minimum absolute atomic E-state index is 0.0352. The Bertz CT molecular complexity index is 1910. The van der Waals surface area contributed by atoms with Crippen LogP contribution in [0, 0.1) is 18.7 Å². The van der Waals surface area contributed by atoms with Crippen molar-refractivity contribution in [2.75, 3.05) is 5.32 Å². The molecule has 210 valence electrons. The van der Waals surface area contributed by atoms with Crippen molar-refractivity contribution in [2.45, 2.75) is 45.4 Å². The van der Waals surface area contributed by atoms with Gasteiger partial charge in [0.2, 0.25) is 5.91 Å². The number of halogens is 1. The van der Waals surface area contributed by atoms with Crippen LogP contribution in [0.4, 0.5) is 10.1 Å². The maximum absolute atomic E-state index is 14.2. The zero-order valence-corrected chi connectivity index (χ0v) is 23.4. The van der Waals surface area contributed by atoms with Gasteiger partial charge in [-0.15, -0.1) is 0 Å². The van der Waals surface area contributed by atoms with Crippen LogP contribution < -0.4 is 5.32 Å². The summed E-state index contributed by atoms with van der Waals surface area (Å²) in [6.45, 7) is 1.89. The summed E-state index contributed by atoms with van der Waals surface area (Å²) in [4.78, 5) is 25.5. The van der Waals surface area contributed by atoms with E-state index >= 15 is 0 Å². The fourth-order valence-corrected chi connectivity index (χ4v) is 6.19. The molecule has 0 radical (unpaired) electrons. The molecule has 1 fully saturated rings. The Labute approximate surface area is 242 Å². The van der Waals surface area contributed by atoms with Crippen molar-refractivity contribution >= 4 is 33.5 Å². The Balaban J connectivity index is 1.20. The van der Waals surface area contributed by atoms with E-state index in [2.05, 4.69) is 25.5 Å². The third-order valence-corrected chi connectivity index (χ3v) is 8.20. The third kappa shape index (κ3) is 5.16. The zero-order chi connectivity index (χ0) is 28.6. The second kappa shape index (κ2) is 10.9. The first-order valence-electron chi connectivity index (χ1n) is 14.5. The van der Waals surface area contributed by atoms with Gasteiger partial charge in [-0.25, -0.2) is 9.37 Å². The number of fused-ring (bicyclic) bond motifs is 2. The van der Waals surface area contributed by atoms with E-state index in [1.54, 1.807) is 18.5 Å². The summed E-state index contributed by atoms with van der Waals surface area (Å²) in [6, 6.07) is 18.9. The Kier molecular flexibility index (Phi) is 6.74. The molecule has 0 spiro atoms. The smallest absolute Gasteiger partial charge is 0.224 e. The van der Waals surface area contributed by atoms with Crippen LogP contribution in [-0.2, 0) is 4.79 Å². The maximum Gasteiger partial charge on any atom is 0.224 e. The van der Waals surface area contributed by atoms with E-state index in [0.717, 1.165) is 62.9 Å². The average Bonchev–Trinajstić information content (AvgIpc) is 3.61. The fraction of sp³-hybridized carbons (Fsp3) is 0.235. The number of rotatable bonds is 6. The van der Waals surface area contributed by atoms with Gasteiger partial charge in [-0.3, -0.25) is 14.9 Å². The molecule has 1 saturated carbocycles. The molecule has 1 aliphatic carbocycles. The summed E-state index contributed by atoms with van der Waals surface area (Å²) < 4.78 is 14.2. The number of hydrogen-bond acceptors (Lipinski definition) is 4. The molecule has 7 rings (SSSR count). The van der Waals surface area contributed by atoms with Crippen molar-refractivity contribution in [1.82, 2.24) is 25.1 Å². The van der Waals surface area contributed by atoms with E-state index in [1.807, 2.05) is 55.5 Å². The van der Waals surface area contributed by atoms with E-state index in [1.165, 1.54) is 25.3 Å². The number of aryl methyl sites for hydroxylation is 1. The van der Waals surface area contributed by atoms with Crippen LogP contribution in [0.25, 0.3) is 55.7 Å². The minimum atomic E-state index is -0.255. The molecule has 1 aliphatic rings. The molecule has 3 N–H and O–H groups in total. The van der Waals surface area contributed by atoms with Gasteiger partial charge in [0.25, 0.3) is 0 Å². The van der Waals surface area contributed by atoms with Gasteiger partial charge in [-0.05, 0) is 84.8 Å². The molecule has 0 atom stereocenters. The van der Waals surface area contributed by atoms with Crippen molar-refractivity contribution < 1.29 is 9.18 Å². The quantitative estimate of drug-likeness (QED) is 0.192. The highest BCUT2D eigenvalue weighted by atomic mass is 19.1. The Morgan fingerprint density at radius 3 is 2.71 bits per heavy atom. The van der Waals surface area contributed by atoms with Crippen LogP contribution in [0.2, 0.25) is 0 Å². The number of H-pyrrole nitrogens is 2. The van der Waals surface area contributed by atoms with E-state index in [-0.39, 0.29) is 11.7 Å². The number of benzene rings is 2. The molecule has 42 heavy (non-hydrogen) atoms. The molecule has 0 unspecified atom stereocenters. The molecular weight excluding hydrogens is 527 g/mol. The summed E-state index contributed by atoms with van der Waals surface area (Å²) in [5, 5.41) is 11.7. The summed E-state index contributed by atoms with van der Waals surface area (Å²) >= 11 is 0. The summed E-state index contributed by atoms with van der Waals surface area (Å²) in [5.41, 5.74) is 8.79. The maximum atomic E-state index is 14.2. The zero-order valence-electron chi connectivity index (χ0n) is 23.4. The number of nitrogens with one attached hydrogen (secondary N) is 3. The highest BCUT2D eigenvalue weighted by molar-refractivity contribution is 6.00. The van der Waals surface area contributed by atoms with Gasteiger partial charge in [0.05, 0.1) is 28.8 Å². The predicted molar refractivity (Wildman–Crippen MR) is 164 cm³/mol. The normalized spacial score (nSPS) is 14.0. The number of anilines is 1. The highest BCUT2D eigenvalue weighted by Gasteiger charge is 2.18.